The van der Waals surface area contributed by atoms with Gasteiger partial charge in [0.05, 0.1) is 6.61 Å². The first kappa shape index (κ1) is 13.8. The number of carbonyl (C=O) groups is 1. The third-order valence-corrected chi connectivity index (χ3v) is 2.06. The average Bonchev–Trinajstić information content (AvgIpc) is 2.55. The Hall–Kier alpha value is -1.24. The molecule has 4 nitrogen and oxygen atoms in total. The van der Waals surface area contributed by atoms with Crippen LogP contribution in [0.4, 0.5) is 18.0 Å². The zero-order chi connectivity index (χ0) is 12.9. The van der Waals surface area contributed by atoms with E-state index in [0.717, 1.165) is 6.08 Å². The fourth-order valence-corrected chi connectivity index (χ4v) is 1.41. The van der Waals surface area contributed by atoms with Gasteiger partial charge in [0.2, 0.25) is 0 Å². The van der Waals surface area contributed by atoms with Crippen molar-refractivity contribution < 1.29 is 32.2 Å². The second-order valence-corrected chi connectivity index (χ2v) is 3.56. The number of cyclic esters (lactones) is 2. The first-order chi connectivity index (χ1) is 7.87. The van der Waals surface area contributed by atoms with Crippen molar-refractivity contribution >= 4 is 6.16 Å². The molecule has 7 heteroatoms. The minimum absolute atomic E-state index is 0.0737. The highest BCUT2D eigenvalue weighted by molar-refractivity contribution is 5.62. The summed E-state index contributed by atoms with van der Waals surface area (Å²) in [5.74, 6) is -1.25. The van der Waals surface area contributed by atoms with E-state index >= 15 is 0 Å². The maximum absolute atomic E-state index is 11.8. The summed E-state index contributed by atoms with van der Waals surface area (Å²) in [4.78, 5) is 10.8. The van der Waals surface area contributed by atoms with E-state index in [9.17, 15) is 18.0 Å². The zero-order valence-corrected chi connectivity index (χ0v) is 9.25. The van der Waals surface area contributed by atoms with Crippen molar-refractivity contribution in [1.82, 2.24) is 0 Å². The van der Waals surface area contributed by atoms with Crippen LogP contribution in [0.15, 0.2) is 12.2 Å². The van der Waals surface area contributed by atoms with Gasteiger partial charge in [0.15, 0.2) is 6.61 Å². The number of carbonyl (C=O) groups excluding carboxylic acids is 1. The van der Waals surface area contributed by atoms with Crippen molar-refractivity contribution in [3.8, 4) is 0 Å². The second-order valence-electron chi connectivity index (χ2n) is 3.56. The van der Waals surface area contributed by atoms with Crippen LogP contribution >= 0.6 is 0 Å². The number of halogens is 3. The Balaban J connectivity index is 2.46. The fourth-order valence-electron chi connectivity index (χ4n) is 1.41. The summed E-state index contributed by atoms with van der Waals surface area (Å²) < 4.78 is 50.0. The monoisotopic (exact) mass is 254 g/mol. The van der Waals surface area contributed by atoms with Gasteiger partial charge in [-0.05, 0) is 6.42 Å². The lowest BCUT2D eigenvalue weighted by molar-refractivity contribution is -0.177. The van der Waals surface area contributed by atoms with Crippen molar-refractivity contribution in [3.05, 3.63) is 12.2 Å². The Bertz CT molecular complexity index is 300. The van der Waals surface area contributed by atoms with E-state index < -0.39 is 18.1 Å². The normalized spacial score (nSPS) is 25.1. The van der Waals surface area contributed by atoms with E-state index in [2.05, 4.69) is 4.74 Å². The molecule has 1 unspecified atom stereocenters. The van der Waals surface area contributed by atoms with E-state index in [1.165, 1.54) is 0 Å². The maximum atomic E-state index is 11.8. The molecule has 0 spiro atoms. The molecule has 17 heavy (non-hydrogen) atoms. The topological polar surface area (TPSA) is 44.8 Å². The molecule has 1 fully saturated rings. The van der Waals surface area contributed by atoms with Gasteiger partial charge in [0, 0.05) is 12.5 Å². The molecule has 1 aliphatic rings. The van der Waals surface area contributed by atoms with Gasteiger partial charge in [-0.2, -0.15) is 13.2 Å². The first-order valence-corrected chi connectivity index (χ1v) is 5.11. The van der Waals surface area contributed by atoms with Crippen molar-refractivity contribution in [2.75, 3.05) is 13.2 Å². The van der Waals surface area contributed by atoms with Crippen LogP contribution in [0.5, 0.6) is 0 Å². The highest BCUT2D eigenvalue weighted by Crippen LogP contribution is 2.27. The predicted octanol–water partition coefficient (Wildman–Crippen LogP) is 2.78. The highest BCUT2D eigenvalue weighted by Gasteiger charge is 2.42. The van der Waals surface area contributed by atoms with Crippen LogP contribution < -0.4 is 0 Å². The highest BCUT2D eigenvalue weighted by atomic mass is 19.4. The van der Waals surface area contributed by atoms with Crippen LogP contribution in [0.3, 0.4) is 0 Å². The number of alkyl halides is 3. The van der Waals surface area contributed by atoms with Gasteiger partial charge in [0.25, 0.3) is 5.79 Å². The Morgan fingerprint density at radius 3 is 2.71 bits per heavy atom. The van der Waals surface area contributed by atoms with E-state index in [-0.39, 0.29) is 19.3 Å². The van der Waals surface area contributed by atoms with Crippen LogP contribution in [0.2, 0.25) is 0 Å². The van der Waals surface area contributed by atoms with Crippen LogP contribution in [0.25, 0.3) is 0 Å². The van der Waals surface area contributed by atoms with E-state index in [1.54, 1.807) is 0 Å². The van der Waals surface area contributed by atoms with Gasteiger partial charge in [-0.3, -0.25) is 0 Å². The average molecular weight is 254 g/mol. The summed E-state index contributed by atoms with van der Waals surface area (Å²) in [5.41, 5.74) is 0. The molecular formula is C10H13F3O4. The Kier molecular flexibility index (Phi) is 4.39. The molecule has 1 saturated heterocycles. The minimum Gasteiger partial charge on any atom is -0.427 e. The lowest BCUT2D eigenvalue weighted by Gasteiger charge is -2.23. The molecule has 0 amide bonds. The largest absolute Gasteiger partial charge is 0.511 e. The summed E-state index contributed by atoms with van der Waals surface area (Å²) in [6, 6.07) is 0. The first-order valence-electron chi connectivity index (χ1n) is 5.11. The molecule has 0 aliphatic carbocycles. The maximum Gasteiger partial charge on any atom is 0.511 e. The molecular weight excluding hydrogens is 241 g/mol. The molecule has 1 aliphatic heterocycles. The summed E-state index contributed by atoms with van der Waals surface area (Å²) in [6.07, 6.45) is -3.31. The third-order valence-electron chi connectivity index (χ3n) is 2.06. The van der Waals surface area contributed by atoms with Gasteiger partial charge in [-0.25, -0.2) is 4.79 Å². The summed E-state index contributed by atoms with van der Waals surface area (Å²) in [5, 5.41) is 0. The molecule has 0 N–H and O–H groups in total. The second kappa shape index (κ2) is 5.39. The van der Waals surface area contributed by atoms with Crippen LogP contribution in [0, 0.1) is 0 Å². The van der Waals surface area contributed by atoms with Crippen molar-refractivity contribution in [2.24, 2.45) is 0 Å². The van der Waals surface area contributed by atoms with Gasteiger partial charge in [-0.1, -0.05) is 13.0 Å². The van der Waals surface area contributed by atoms with Crippen LogP contribution in [0.1, 0.15) is 19.8 Å². The van der Waals surface area contributed by atoms with Crippen LogP contribution in [-0.2, 0) is 14.2 Å². The van der Waals surface area contributed by atoms with Crippen molar-refractivity contribution in [3.63, 3.8) is 0 Å². The third kappa shape index (κ3) is 4.64. The lowest BCUT2D eigenvalue weighted by atomic mass is 10.1. The summed E-state index contributed by atoms with van der Waals surface area (Å²) in [7, 11) is 0. The van der Waals surface area contributed by atoms with Gasteiger partial charge in [-0.15, -0.1) is 0 Å². The molecule has 0 aromatic carbocycles. The smallest absolute Gasteiger partial charge is 0.427 e. The number of allylic oxidation sites excluding steroid dienone is 1. The van der Waals surface area contributed by atoms with Crippen molar-refractivity contribution in [1.29, 1.82) is 0 Å². The number of rotatable bonds is 5. The van der Waals surface area contributed by atoms with Crippen molar-refractivity contribution in [2.45, 2.75) is 31.7 Å². The molecule has 1 atom stereocenters. The van der Waals surface area contributed by atoms with Crippen LogP contribution in [-0.4, -0.2) is 31.3 Å². The zero-order valence-electron chi connectivity index (χ0n) is 9.25. The molecule has 1 heterocycles. The van der Waals surface area contributed by atoms with E-state index in [1.807, 2.05) is 6.92 Å². The summed E-state index contributed by atoms with van der Waals surface area (Å²) >= 11 is 0. The Morgan fingerprint density at radius 2 is 2.24 bits per heavy atom. The molecule has 1 rings (SSSR count). The minimum atomic E-state index is -4.37. The summed E-state index contributed by atoms with van der Waals surface area (Å²) in [6.45, 7) is 1.44. The molecule has 98 valence electrons. The quantitative estimate of drug-likeness (QED) is 0.559. The van der Waals surface area contributed by atoms with Gasteiger partial charge >= 0.3 is 12.3 Å². The SMILES string of the molecule is CCCC1(OCC=CC(F)(F)F)COC(=O)O1. The number of hydrogen-bond acceptors (Lipinski definition) is 4. The standard InChI is InChI=1S/C10H13F3O4/c1-2-4-9(7-15-8(14)17-9)16-6-3-5-10(11,12)13/h3,5H,2,4,6-7H2,1H3. The fraction of sp³-hybridized carbons (Fsp3) is 0.700. The number of ether oxygens (including phenoxy) is 3. The lowest BCUT2D eigenvalue weighted by Crippen LogP contribution is -2.35. The molecule has 0 radical (unpaired) electrons. The van der Waals surface area contributed by atoms with E-state index in [0.29, 0.717) is 12.8 Å². The Morgan fingerprint density at radius 1 is 1.53 bits per heavy atom. The van der Waals surface area contributed by atoms with Gasteiger partial charge in [0.1, 0.15) is 0 Å². The molecule has 0 bridgehead atoms. The van der Waals surface area contributed by atoms with Gasteiger partial charge < -0.3 is 14.2 Å². The Labute approximate surface area is 96.3 Å². The van der Waals surface area contributed by atoms with E-state index in [4.69, 9.17) is 9.47 Å². The molecule has 0 saturated carbocycles. The number of hydrogen-bond donors (Lipinski definition) is 0. The molecule has 0 aromatic heterocycles. The predicted molar refractivity (Wildman–Crippen MR) is 51.2 cm³/mol. The molecule has 0 aromatic rings.